The van der Waals surface area contributed by atoms with Crippen molar-refractivity contribution in [3.05, 3.63) is 57.0 Å². The topological polar surface area (TPSA) is 84.3 Å². The highest BCUT2D eigenvalue weighted by Gasteiger charge is 2.35. The van der Waals surface area contributed by atoms with E-state index in [1.54, 1.807) is 4.90 Å². The van der Waals surface area contributed by atoms with Gasteiger partial charge in [-0.3, -0.25) is 19.8 Å². The van der Waals surface area contributed by atoms with E-state index in [-0.39, 0.29) is 30.3 Å². The fourth-order valence-corrected chi connectivity index (χ4v) is 4.70. The van der Waals surface area contributed by atoms with E-state index in [1.165, 1.54) is 17.7 Å². The first kappa shape index (κ1) is 20.3. The molecule has 1 aliphatic rings. The lowest BCUT2D eigenvalue weighted by Crippen LogP contribution is -2.37. The van der Waals surface area contributed by atoms with Crippen molar-refractivity contribution >= 4 is 39.1 Å². The van der Waals surface area contributed by atoms with Crippen molar-refractivity contribution in [2.45, 2.75) is 40.0 Å². The summed E-state index contributed by atoms with van der Waals surface area (Å²) in [4.78, 5) is 45.8. The normalized spacial score (nSPS) is 16.6. The number of rotatable bonds is 4. The van der Waals surface area contributed by atoms with Gasteiger partial charge >= 0.3 is 0 Å². The van der Waals surface area contributed by atoms with Crippen LogP contribution < -0.4 is 15.9 Å². The highest BCUT2D eigenvalue weighted by atomic mass is 32.1. The number of nitrogens with one attached hydrogen (secondary N) is 1. The number of anilines is 1. The van der Waals surface area contributed by atoms with Crippen molar-refractivity contribution in [2.75, 3.05) is 16.9 Å². The third-order valence-corrected chi connectivity index (χ3v) is 6.78. The van der Waals surface area contributed by atoms with Gasteiger partial charge in [0, 0.05) is 23.5 Å². The Labute approximate surface area is 178 Å². The number of carbonyl (C=O) groups excluding carboxylic acids is 2. The summed E-state index contributed by atoms with van der Waals surface area (Å²) in [5.74, 6) is -0.645. The summed E-state index contributed by atoms with van der Waals surface area (Å²) in [6.45, 7) is 8.30. The number of aromatic nitrogens is 2. The van der Waals surface area contributed by atoms with Crippen LogP contribution in [0, 0.1) is 19.8 Å². The van der Waals surface area contributed by atoms with E-state index < -0.39 is 5.92 Å². The van der Waals surface area contributed by atoms with Crippen molar-refractivity contribution in [1.82, 2.24) is 9.66 Å². The van der Waals surface area contributed by atoms with Crippen molar-refractivity contribution < 1.29 is 9.59 Å². The monoisotopic (exact) mass is 424 g/mol. The zero-order valence-electron chi connectivity index (χ0n) is 17.4. The first-order valence-electron chi connectivity index (χ1n) is 9.94. The van der Waals surface area contributed by atoms with Gasteiger partial charge in [0.25, 0.3) is 5.56 Å². The Bertz CT molecular complexity index is 1210. The maximum absolute atomic E-state index is 12.8. The Morgan fingerprint density at radius 2 is 2.03 bits per heavy atom. The number of benzene rings is 1. The average Bonchev–Trinajstić information content (AvgIpc) is 3.24. The molecular formula is C22H24N4O3S. The van der Waals surface area contributed by atoms with E-state index in [0.29, 0.717) is 16.1 Å². The quantitative estimate of drug-likeness (QED) is 0.696. The summed E-state index contributed by atoms with van der Waals surface area (Å²) in [5.41, 5.74) is 5.14. The minimum absolute atomic E-state index is 0.0960. The van der Waals surface area contributed by atoms with E-state index in [1.807, 2.05) is 38.1 Å². The number of carbonyl (C=O) groups is 2. The second kappa shape index (κ2) is 7.68. The van der Waals surface area contributed by atoms with Crippen LogP contribution in [0.15, 0.2) is 35.4 Å². The number of aryl methyl sites for hydroxylation is 2. The molecule has 7 nitrogen and oxygen atoms in total. The summed E-state index contributed by atoms with van der Waals surface area (Å²) in [5, 5.41) is 0.523. The molecular weight excluding hydrogens is 400 g/mol. The van der Waals surface area contributed by atoms with Gasteiger partial charge in [-0.25, -0.2) is 9.66 Å². The summed E-state index contributed by atoms with van der Waals surface area (Å²) < 4.78 is 1.12. The van der Waals surface area contributed by atoms with Crippen LogP contribution in [0.5, 0.6) is 0 Å². The molecule has 2 aromatic heterocycles. The lowest BCUT2D eigenvalue weighted by Gasteiger charge is -2.18. The Kier molecular flexibility index (Phi) is 5.19. The van der Waals surface area contributed by atoms with Crippen LogP contribution in [-0.2, 0) is 9.59 Å². The maximum Gasteiger partial charge on any atom is 0.281 e. The number of hydrogen-bond acceptors (Lipinski definition) is 5. The third kappa shape index (κ3) is 3.52. The molecule has 1 aromatic carbocycles. The van der Waals surface area contributed by atoms with Crippen LogP contribution in [0.4, 0.5) is 5.69 Å². The summed E-state index contributed by atoms with van der Waals surface area (Å²) in [6, 6.07) is 7.83. The average molecular weight is 425 g/mol. The number of amides is 2. The Morgan fingerprint density at radius 3 is 2.77 bits per heavy atom. The first-order valence-corrected chi connectivity index (χ1v) is 10.8. The molecule has 1 unspecified atom stereocenters. The minimum Gasteiger partial charge on any atom is -0.312 e. The maximum atomic E-state index is 12.8. The molecule has 3 heterocycles. The van der Waals surface area contributed by atoms with Crippen LogP contribution in [-0.4, -0.2) is 28.0 Å². The van der Waals surface area contributed by atoms with E-state index in [0.717, 1.165) is 26.4 Å². The van der Waals surface area contributed by atoms with Gasteiger partial charge in [0.2, 0.25) is 11.8 Å². The van der Waals surface area contributed by atoms with Crippen LogP contribution in [0.1, 0.15) is 42.2 Å². The molecule has 8 heteroatoms. The lowest BCUT2D eigenvalue weighted by atomic mass is 10.0. The second-order valence-corrected chi connectivity index (χ2v) is 9.22. The summed E-state index contributed by atoms with van der Waals surface area (Å²) in [7, 11) is 0. The highest BCUT2D eigenvalue weighted by molar-refractivity contribution is 7.18. The Hall–Kier alpha value is -3.00. The minimum atomic E-state index is -0.534. The lowest BCUT2D eigenvalue weighted by molar-refractivity contribution is -0.123. The molecule has 30 heavy (non-hydrogen) atoms. The van der Waals surface area contributed by atoms with Gasteiger partial charge in [-0.05, 0) is 43.0 Å². The molecule has 156 valence electrons. The van der Waals surface area contributed by atoms with Crippen molar-refractivity contribution in [2.24, 2.45) is 5.92 Å². The highest BCUT2D eigenvalue weighted by Crippen LogP contribution is 2.28. The van der Waals surface area contributed by atoms with Crippen molar-refractivity contribution in [1.29, 1.82) is 0 Å². The van der Waals surface area contributed by atoms with E-state index in [4.69, 9.17) is 0 Å². The Morgan fingerprint density at radius 1 is 1.27 bits per heavy atom. The molecule has 4 rings (SSSR count). The van der Waals surface area contributed by atoms with Crippen LogP contribution >= 0.6 is 11.3 Å². The molecule has 1 fully saturated rings. The van der Waals surface area contributed by atoms with Gasteiger partial charge in [-0.15, -0.1) is 11.3 Å². The molecule has 1 atom stereocenters. The number of hydrogen-bond donors (Lipinski definition) is 1. The van der Waals surface area contributed by atoms with Gasteiger partial charge in [0.05, 0.1) is 11.3 Å². The zero-order valence-corrected chi connectivity index (χ0v) is 18.2. The second-order valence-electron chi connectivity index (χ2n) is 8.01. The predicted octanol–water partition coefficient (Wildman–Crippen LogP) is 3.32. The number of fused-ring (bicyclic) bond motifs is 1. The van der Waals surface area contributed by atoms with Crippen molar-refractivity contribution in [3.63, 3.8) is 0 Å². The van der Waals surface area contributed by atoms with Gasteiger partial charge in [-0.2, -0.15) is 0 Å². The molecule has 0 saturated carbocycles. The molecule has 1 aliphatic heterocycles. The van der Waals surface area contributed by atoms with Gasteiger partial charge in [0.15, 0.2) is 0 Å². The Balaban J connectivity index is 1.54. The summed E-state index contributed by atoms with van der Waals surface area (Å²) >= 11 is 1.46. The molecule has 0 radical (unpaired) electrons. The number of nitrogens with zero attached hydrogens (tertiary/aromatic N) is 3. The van der Waals surface area contributed by atoms with Gasteiger partial charge in [0.1, 0.15) is 11.2 Å². The van der Waals surface area contributed by atoms with Crippen LogP contribution in [0.3, 0.4) is 0 Å². The first-order chi connectivity index (χ1) is 14.3. The molecule has 0 spiro atoms. The molecule has 0 aliphatic carbocycles. The van der Waals surface area contributed by atoms with E-state index in [9.17, 15) is 14.4 Å². The van der Waals surface area contributed by atoms with Gasteiger partial charge in [-0.1, -0.05) is 26.0 Å². The standard InChI is InChI=1S/C22H24N4O3S/c1-12(2)15-6-5-7-17(8-15)25-10-16(9-18(25)27)20(28)24-26-11-23-21-19(22(26)29)13(3)14(4)30-21/h5-8,11-12,16H,9-10H2,1-4H3,(H,24,28). The SMILES string of the molecule is Cc1sc2ncn(NC(=O)C3CC(=O)N(c4cccc(C(C)C)c4)C3)c(=O)c2c1C. The number of thiophene rings is 1. The molecule has 0 bridgehead atoms. The molecule has 1 N–H and O–H groups in total. The van der Waals surface area contributed by atoms with Crippen molar-refractivity contribution in [3.8, 4) is 0 Å². The van der Waals surface area contributed by atoms with Gasteiger partial charge < -0.3 is 4.90 Å². The molecule has 1 saturated heterocycles. The predicted molar refractivity (Wildman–Crippen MR) is 119 cm³/mol. The van der Waals surface area contributed by atoms with Crippen LogP contribution in [0.25, 0.3) is 10.2 Å². The third-order valence-electron chi connectivity index (χ3n) is 5.66. The molecule has 3 aromatic rings. The van der Waals surface area contributed by atoms with Crippen LogP contribution in [0.2, 0.25) is 0 Å². The smallest absolute Gasteiger partial charge is 0.281 e. The van der Waals surface area contributed by atoms with E-state index >= 15 is 0 Å². The fraction of sp³-hybridized carbons (Fsp3) is 0.364. The van der Waals surface area contributed by atoms with E-state index in [2.05, 4.69) is 24.3 Å². The molecule has 2 amide bonds. The summed E-state index contributed by atoms with van der Waals surface area (Å²) in [6.07, 6.45) is 1.44. The fourth-order valence-electron chi connectivity index (χ4n) is 3.71. The largest absolute Gasteiger partial charge is 0.312 e. The zero-order chi connectivity index (χ0) is 21.6.